The quantitative estimate of drug-likeness (QED) is 0.729. The lowest BCUT2D eigenvalue weighted by Crippen LogP contribution is -2.50. The highest BCUT2D eigenvalue weighted by molar-refractivity contribution is 5.74. The van der Waals surface area contributed by atoms with Crippen LogP contribution in [0.25, 0.3) is 0 Å². The van der Waals surface area contributed by atoms with E-state index in [9.17, 15) is 9.90 Å². The fourth-order valence-corrected chi connectivity index (χ4v) is 3.61. The first-order valence-corrected chi connectivity index (χ1v) is 7.79. The first-order chi connectivity index (χ1) is 9.44. The zero-order chi connectivity index (χ0) is 14.8. The maximum atomic E-state index is 12.1. The van der Waals surface area contributed by atoms with Crippen LogP contribution in [0.4, 0.5) is 4.79 Å². The molecule has 3 N–H and O–H groups in total. The maximum Gasteiger partial charge on any atom is 0.315 e. The summed E-state index contributed by atoms with van der Waals surface area (Å²) < 4.78 is 0. The Morgan fingerprint density at radius 2 is 2.05 bits per heavy atom. The summed E-state index contributed by atoms with van der Waals surface area (Å²) in [6, 6.07) is 0.887. The third-order valence-corrected chi connectivity index (χ3v) is 5.22. The number of aliphatic hydroxyl groups is 1. The van der Waals surface area contributed by atoms with Crippen LogP contribution in [0.2, 0.25) is 0 Å². The second-order valence-electron chi connectivity index (χ2n) is 7.00. The van der Waals surface area contributed by atoms with Gasteiger partial charge in [0, 0.05) is 23.5 Å². The van der Waals surface area contributed by atoms with Crippen molar-refractivity contribution in [2.24, 2.45) is 5.41 Å². The van der Waals surface area contributed by atoms with E-state index in [1.54, 1.807) is 0 Å². The molecule has 2 aliphatic carbocycles. The minimum absolute atomic E-state index is 0.0685. The van der Waals surface area contributed by atoms with Gasteiger partial charge in [0.15, 0.2) is 0 Å². The largest absolute Gasteiger partial charge is 0.396 e. The minimum Gasteiger partial charge on any atom is -0.396 e. The second-order valence-corrected chi connectivity index (χ2v) is 7.00. The molecule has 0 bridgehead atoms. The third kappa shape index (κ3) is 3.44. The molecule has 2 amide bonds. The van der Waals surface area contributed by atoms with Crippen LogP contribution >= 0.6 is 0 Å². The first kappa shape index (κ1) is 15.6. The molecule has 0 aromatic rings. The van der Waals surface area contributed by atoms with E-state index in [1.165, 1.54) is 0 Å². The average molecular weight is 283 g/mol. The molecule has 2 saturated carbocycles. The van der Waals surface area contributed by atoms with Crippen molar-refractivity contribution in [3.8, 4) is 0 Å². The second kappa shape index (κ2) is 6.31. The highest BCUT2D eigenvalue weighted by Crippen LogP contribution is 2.37. The Morgan fingerprint density at radius 1 is 1.30 bits per heavy atom. The van der Waals surface area contributed by atoms with Crippen LogP contribution in [-0.4, -0.2) is 54.9 Å². The van der Waals surface area contributed by atoms with Crippen molar-refractivity contribution >= 4 is 6.03 Å². The summed E-state index contributed by atoms with van der Waals surface area (Å²) >= 11 is 0. The Kier molecular flexibility index (Phi) is 4.91. The summed E-state index contributed by atoms with van der Waals surface area (Å²) in [5, 5.41) is 15.7. The number of hydrogen-bond donors (Lipinski definition) is 3. The number of urea groups is 1. The van der Waals surface area contributed by atoms with Gasteiger partial charge < -0.3 is 20.6 Å². The smallest absolute Gasteiger partial charge is 0.315 e. The van der Waals surface area contributed by atoms with Crippen molar-refractivity contribution in [2.75, 3.05) is 20.7 Å². The summed E-state index contributed by atoms with van der Waals surface area (Å²) in [6.07, 6.45) is 6.26. The standard InChI is InChI=1S/C15H29N3O2/c1-15(10-19)8-4-5-13(15)17-14(20)16-11-6-7-12(9-11)18(2)3/h11-13,19H,4-10H2,1-3H3,(H2,16,17,20). The van der Waals surface area contributed by atoms with Crippen LogP contribution in [0, 0.1) is 5.41 Å². The van der Waals surface area contributed by atoms with Crippen LogP contribution in [0.1, 0.15) is 45.4 Å². The predicted octanol–water partition coefficient (Wildman–Crippen LogP) is 1.32. The van der Waals surface area contributed by atoms with Crippen LogP contribution in [-0.2, 0) is 0 Å². The SMILES string of the molecule is CN(C)C1CCC(NC(=O)NC2CCCC2(C)CO)C1. The fourth-order valence-electron chi connectivity index (χ4n) is 3.61. The molecular weight excluding hydrogens is 254 g/mol. The fraction of sp³-hybridized carbons (Fsp3) is 0.933. The zero-order valence-electron chi connectivity index (χ0n) is 13.0. The topological polar surface area (TPSA) is 64.6 Å². The monoisotopic (exact) mass is 283 g/mol. The van der Waals surface area contributed by atoms with E-state index in [-0.39, 0.29) is 30.1 Å². The molecule has 4 atom stereocenters. The number of hydrogen-bond acceptors (Lipinski definition) is 3. The van der Waals surface area contributed by atoms with Gasteiger partial charge in [0.25, 0.3) is 0 Å². The number of rotatable bonds is 4. The van der Waals surface area contributed by atoms with Crippen molar-refractivity contribution < 1.29 is 9.90 Å². The molecule has 0 saturated heterocycles. The Labute approximate surface area is 122 Å². The number of nitrogens with zero attached hydrogens (tertiary/aromatic N) is 1. The van der Waals surface area contributed by atoms with E-state index >= 15 is 0 Å². The van der Waals surface area contributed by atoms with Crippen LogP contribution in [0.5, 0.6) is 0 Å². The number of carbonyl (C=O) groups excluding carboxylic acids is 1. The van der Waals surface area contributed by atoms with Crippen LogP contribution in [0.15, 0.2) is 0 Å². The Bertz CT molecular complexity index is 348. The summed E-state index contributed by atoms with van der Waals surface area (Å²) in [5.74, 6) is 0. The molecule has 0 aromatic carbocycles. The molecule has 0 radical (unpaired) electrons. The van der Waals surface area contributed by atoms with E-state index in [1.807, 2.05) is 0 Å². The maximum absolute atomic E-state index is 12.1. The zero-order valence-corrected chi connectivity index (χ0v) is 13.0. The number of carbonyl (C=O) groups is 1. The van der Waals surface area contributed by atoms with Gasteiger partial charge in [0.2, 0.25) is 0 Å². The molecule has 5 nitrogen and oxygen atoms in total. The van der Waals surface area contributed by atoms with Gasteiger partial charge in [0.05, 0.1) is 6.61 Å². The molecule has 20 heavy (non-hydrogen) atoms. The number of amides is 2. The molecule has 0 spiro atoms. The summed E-state index contributed by atoms with van der Waals surface area (Å²) in [5.41, 5.74) is -0.154. The normalized spacial score (nSPS) is 37.4. The van der Waals surface area contributed by atoms with Gasteiger partial charge in [-0.1, -0.05) is 13.3 Å². The van der Waals surface area contributed by atoms with E-state index in [0.29, 0.717) is 6.04 Å². The van der Waals surface area contributed by atoms with Gasteiger partial charge in [-0.15, -0.1) is 0 Å². The van der Waals surface area contributed by atoms with Gasteiger partial charge in [0.1, 0.15) is 0 Å². The van der Waals surface area contributed by atoms with E-state index in [0.717, 1.165) is 38.5 Å². The third-order valence-electron chi connectivity index (χ3n) is 5.22. The molecule has 2 fully saturated rings. The number of nitrogens with one attached hydrogen (secondary N) is 2. The van der Waals surface area contributed by atoms with E-state index < -0.39 is 0 Å². The molecule has 0 aromatic heterocycles. The van der Waals surface area contributed by atoms with Crippen molar-refractivity contribution in [1.82, 2.24) is 15.5 Å². The van der Waals surface area contributed by atoms with Crippen LogP contribution < -0.4 is 10.6 Å². The lowest BCUT2D eigenvalue weighted by atomic mass is 9.86. The Balaban J connectivity index is 1.79. The van der Waals surface area contributed by atoms with Gasteiger partial charge in [-0.2, -0.15) is 0 Å². The molecule has 4 unspecified atom stereocenters. The van der Waals surface area contributed by atoms with E-state index in [2.05, 4.69) is 36.6 Å². The highest BCUT2D eigenvalue weighted by atomic mass is 16.3. The summed E-state index contributed by atoms with van der Waals surface area (Å²) in [6.45, 7) is 2.20. The molecule has 0 heterocycles. The first-order valence-electron chi connectivity index (χ1n) is 7.79. The van der Waals surface area contributed by atoms with Gasteiger partial charge >= 0.3 is 6.03 Å². The van der Waals surface area contributed by atoms with Gasteiger partial charge in [-0.3, -0.25) is 0 Å². The van der Waals surface area contributed by atoms with Crippen molar-refractivity contribution in [1.29, 1.82) is 0 Å². The van der Waals surface area contributed by atoms with Crippen LogP contribution in [0.3, 0.4) is 0 Å². The lowest BCUT2D eigenvalue weighted by molar-refractivity contribution is 0.120. The summed E-state index contributed by atoms with van der Waals surface area (Å²) in [7, 11) is 4.19. The lowest BCUT2D eigenvalue weighted by Gasteiger charge is -2.30. The molecule has 5 heteroatoms. The predicted molar refractivity (Wildman–Crippen MR) is 79.6 cm³/mol. The molecule has 0 aliphatic heterocycles. The summed E-state index contributed by atoms with van der Waals surface area (Å²) in [4.78, 5) is 14.4. The Hall–Kier alpha value is -0.810. The molecule has 116 valence electrons. The van der Waals surface area contributed by atoms with Crippen molar-refractivity contribution in [2.45, 2.75) is 63.6 Å². The molecule has 2 rings (SSSR count). The van der Waals surface area contributed by atoms with Gasteiger partial charge in [-0.25, -0.2) is 4.79 Å². The van der Waals surface area contributed by atoms with E-state index in [4.69, 9.17) is 0 Å². The highest BCUT2D eigenvalue weighted by Gasteiger charge is 2.39. The minimum atomic E-state index is -0.154. The van der Waals surface area contributed by atoms with Crippen molar-refractivity contribution in [3.05, 3.63) is 0 Å². The van der Waals surface area contributed by atoms with Crippen molar-refractivity contribution in [3.63, 3.8) is 0 Å². The number of aliphatic hydroxyl groups excluding tert-OH is 1. The Morgan fingerprint density at radius 3 is 2.65 bits per heavy atom. The molecular formula is C15H29N3O2. The molecule has 2 aliphatic rings. The average Bonchev–Trinajstić information content (AvgIpc) is 2.98. The van der Waals surface area contributed by atoms with Gasteiger partial charge in [-0.05, 0) is 46.2 Å².